The number of carbonyl (C=O) groups is 1. The van der Waals surface area contributed by atoms with E-state index in [1.54, 1.807) is 26.4 Å². The van der Waals surface area contributed by atoms with Crippen LogP contribution in [0.1, 0.15) is 23.7 Å². The topological polar surface area (TPSA) is 66.5 Å². The van der Waals surface area contributed by atoms with Gasteiger partial charge in [0, 0.05) is 32.7 Å². The van der Waals surface area contributed by atoms with E-state index < -0.39 is 0 Å². The van der Waals surface area contributed by atoms with Crippen molar-refractivity contribution in [2.75, 3.05) is 26.1 Å². The minimum absolute atomic E-state index is 0. The van der Waals surface area contributed by atoms with Gasteiger partial charge in [0.1, 0.15) is 5.56 Å². The summed E-state index contributed by atoms with van der Waals surface area (Å²) in [6.45, 7) is 3.58. The molecule has 1 heterocycles. The zero-order valence-electron chi connectivity index (χ0n) is 10.1. The Morgan fingerprint density at radius 1 is 1.47 bits per heavy atom. The third kappa shape index (κ3) is 4.66. The Morgan fingerprint density at radius 3 is 2.76 bits per heavy atom. The number of rotatable bonds is 6. The van der Waals surface area contributed by atoms with E-state index in [0.29, 0.717) is 24.5 Å². The first kappa shape index (κ1) is 15.8. The van der Waals surface area contributed by atoms with Crippen LogP contribution in [0, 0.1) is 0 Å². The lowest BCUT2D eigenvalue weighted by molar-refractivity contribution is 0.0527. The maximum absolute atomic E-state index is 11.5. The molecule has 2 N–H and O–H groups in total. The highest BCUT2D eigenvalue weighted by Crippen LogP contribution is 2.14. The highest BCUT2D eigenvalue weighted by atomic mass is 35.5. The summed E-state index contributed by atoms with van der Waals surface area (Å²) in [5.41, 5.74) is 6.61. The van der Waals surface area contributed by atoms with E-state index in [2.05, 4.69) is 0 Å². The van der Waals surface area contributed by atoms with E-state index in [1.807, 2.05) is 4.57 Å². The molecule has 0 aromatic carbocycles. The largest absolute Gasteiger partial charge is 0.462 e. The van der Waals surface area contributed by atoms with Crippen molar-refractivity contribution in [1.82, 2.24) is 4.57 Å². The van der Waals surface area contributed by atoms with Crippen LogP contribution < -0.4 is 5.73 Å². The average Bonchev–Trinajstić information content (AvgIpc) is 2.61. The highest BCUT2D eigenvalue weighted by molar-refractivity contribution is 5.94. The van der Waals surface area contributed by atoms with Gasteiger partial charge in [0.05, 0.1) is 12.3 Å². The van der Waals surface area contributed by atoms with Gasteiger partial charge in [-0.1, -0.05) is 0 Å². The lowest BCUT2D eigenvalue weighted by atomic mass is 10.3. The van der Waals surface area contributed by atoms with Crippen LogP contribution in [0.15, 0.2) is 12.4 Å². The molecule has 1 rings (SSSR count). The molecule has 1 aromatic heterocycles. The summed E-state index contributed by atoms with van der Waals surface area (Å²) in [5.74, 6) is -0.370. The first-order valence-corrected chi connectivity index (χ1v) is 5.30. The van der Waals surface area contributed by atoms with E-state index in [-0.39, 0.29) is 18.4 Å². The molecule has 0 saturated heterocycles. The molecular formula is C11H19ClN2O3. The zero-order valence-corrected chi connectivity index (χ0v) is 11.0. The Labute approximate surface area is 107 Å². The Bertz CT molecular complexity index is 352. The number of ether oxygens (including phenoxy) is 2. The molecule has 0 aliphatic rings. The smallest absolute Gasteiger partial charge is 0.341 e. The summed E-state index contributed by atoms with van der Waals surface area (Å²) in [7, 11) is 1.66. The second kappa shape index (κ2) is 7.97. The summed E-state index contributed by atoms with van der Waals surface area (Å²) >= 11 is 0. The van der Waals surface area contributed by atoms with Crippen LogP contribution in [0.2, 0.25) is 0 Å². The van der Waals surface area contributed by atoms with Crippen LogP contribution in [0.4, 0.5) is 5.69 Å². The van der Waals surface area contributed by atoms with Gasteiger partial charge in [-0.25, -0.2) is 4.79 Å². The predicted octanol–water partition coefficient (Wildman–Crippen LogP) is 1.71. The minimum Gasteiger partial charge on any atom is -0.462 e. The number of esters is 1. The first-order chi connectivity index (χ1) is 7.69. The molecular weight excluding hydrogens is 244 g/mol. The van der Waals surface area contributed by atoms with E-state index in [0.717, 1.165) is 13.0 Å². The molecule has 1 aromatic rings. The molecule has 0 aliphatic carbocycles. The van der Waals surface area contributed by atoms with Crippen molar-refractivity contribution in [2.45, 2.75) is 19.9 Å². The fourth-order valence-corrected chi connectivity index (χ4v) is 1.43. The molecule has 0 aliphatic heterocycles. The average molecular weight is 263 g/mol. The summed E-state index contributed by atoms with van der Waals surface area (Å²) in [5, 5.41) is 0. The molecule has 0 bridgehead atoms. The lowest BCUT2D eigenvalue weighted by Gasteiger charge is -2.01. The molecule has 98 valence electrons. The normalized spacial score (nSPS) is 9.76. The van der Waals surface area contributed by atoms with Crippen LogP contribution in [-0.2, 0) is 16.0 Å². The van der Waals surface area contributed by atoms with E-state index in [1.165, 1.54) is 0 Å². The number of methoxy groups -OCH3 is 1. The Kier molecular flexibility index (Phi) is 7.41. The Morgan fingerprint density at radius 2 is 2.18 bits per heavy atom. The molecule has 0 radical (unpaired) electrons. The zero-order chi connectivity index (χ0) is 12.0. The first-order valence-electron chi connectivity index (χ1n) is 5.30. The molecule has 0 fully saturated rings. The van der Waals surface area contributed by atoms with Gasteiger partial charge in [-0.05, 0) is 13.3 Å². The second-order valence-corrected chi connectivity index (χ2v) is 3.43. The second-order valence-electron chi connectivity index (χ2n) is 3.43. The number of anilines is 1. The van der Waals surface area contributed by atoms with E-state index >= 15 is 0 Å². The molecule has 0 amide bonds. The van der Waals surface area contributed by atoms with Crippen molar-refractivity contribution in [3.05, 3.63) is 18.0 Å². The fraction of sp³-hybridized carbons (Fsp3) is 0.545. The van der Waals surface area contributed by atoms with Crippen molar-refractivity contribution in [3.63, 3.8) is 0 Å². The molecule has 17 heavy (non-hydrogen) atoms. The minimum atomic E-state index is -0.370. The number of hydrogen-bond donors (Lipinski definition) is 1. The lowest BCUT2D eigenvalue weighted by Crippen LogP contribution is -2.05. The van der Waals surface area contributed by atoms with E-state index in [4.69, 9.17) is 15.2 Å². The van der Waals surface area contributed by atoms with Gasteiger partial charge in [0.2, 0.25) is 0 Å². The number of carbonyl (C=O) groups excluding carboxylic acids is 1. The summed E-state index contributed by atoms with van der Waals surface area (Å²) in [6, 6.07) is 0. The van der Waals surface area contributed by atoms with Crippen molar-refractivity contribution in [1.29, 1.82) is 0 Å². The number of hydrogen-bond acceptors (Lipinski definition) is 4. The number of nitrogen functional groups attached to an aromatic ring is 1. The van der Waals surface area contributed by atoms with Gasteiger partial charge in [0.25, 0.3) is 0 Å². The van der Waals surface area contributed by atoms with Crippen LogP contribution >= 0.6 is 12.4 Å². The molecule has 5 nitrogen and oxygen atoms in total. The van der Waals surface area contributed by atoms with Gasteiger partial charge >= 0.3 is 5.97 Å². The van der Waals surface area contributed by atoms with Crippen molar-refractivity contribution in [3.8, 4) is 0 Å². The Balaban J connectivity index is 0.00000256. The molecule has 0 unspecified atom stereocenters. The van der Waals surface area contributed by atoms with Crippen LogP contribution in [0.25, 0.3) is 0 Å². The number of halogens is 1. The molecule has 0 spiro atoms. The van der Waals surface area contributed by atoms with Crippen molar-refractivity contribution in [2.24, 2.45) is 0 Å². The third-order valence-corrected chi connectivity index (χ3v) is 2.17. The highest BCUT2D eigenvalue weighted by Gasteiger charge is 2.13. The molecule has 0 saturated carbocycles. The predicted molar refractivity (Wildman–Crippen MR) is 68.5 cm³/mol. The maximum atomic E-state index is 11.5. The van der Waals surface area contributed by atoms with Crippen molar-refractivity contribution >= 4 is 24.1 Å². The summed E-state index contributed by atoms with van der Waals surface area (Å²) < 4.78 is 11.7. The standard InChI is InChI=1S/C11H18N2O3.ClH/c1-3-16-11(14)9-7-13(8-10(9)12)5-4-6-15-2;/h7-8H,3-6,12H2,1-2H3;1H. The van der Waals surface area contributed by atoms with Crippen LogP contribution in [-0.4, -0.2) is 30.9 Å². The Hall–Kier alpha value is -1.20. The number of nitrogens with zero attached hydrogens (tertiary/aromatic N) is 1. The van der Waals surface area contributed by atoms with E-state index in [9.17, 15) is 4.79 Å². The third-order valence-electron chi connectivity index (χ3n) is 2.17. The van der Waals surface area contributed by atoms with Crippen LogP contribution in [0.3, 0.4) is 0 Å². The van der Waals surface area contributed by atoms with Gasteiger partial charge in [-0.2, -0.15) is 0 Å². The van der Waals surface area contributed by atoms with Gasteiger partial charge in [0.15, 0.2) is 0 Å². The summed E-state index contributed by atoms with van der Waals surface area (Å²) in [4.78, 5) is 11.5. The summed E-state index contributed by atoms with van der Waals surface area (Å²) in [6.07, 6.45) is 4.33. The monoisotopic (exact) mass is 262 g/mol. The molecule has 6 heteroatoms. The fourth-order valence-electron chi connectivity index (χ4n) is 1.43. The number of aryl methyl sites for hydroxylation is 1. The SMILES string of the molecule is CCOC(=O)c1cn(CCCOC)cc1N.Cl. The number of aromatic nitrogens is 1. The van der Waals surface area contributed by atoms with Crippen LogP contribution in [0.5, 0.6) is 0 Å². The van der Waals surface area contributed by atoms with Gasteiger partial charge in [-0.15, -0.1) is 12.4 Å². The van der Waals surface area contributed by atoms with Crippen molar-refractivity contribution < 1.29 is 14.3 Å². The quantitative estimate of drug-likeness (QED) is 0.626. The molecule has 0 atom stereocenters. The number of nitrogens with two attached hydrogens (primary N) is 1. The van der Waals surface area contributed by atoms with Gasteiger partial charge < -0.3 is 19.8 Å². The van der Waals surface area contributed by atoms with Gasteiger partial charge in [-0.3, -0.25) is 0 Å². The maximum Gasteiger partial charge on any atom is 0.341 e.